The number of carbonyl (C=O) groups excluding carboxylic acids is 4. The summed E-state index contributed by atoms with van der Waals surface area (Å²) in [6, 6.07) is 8.02. The van der Waals surface area contributed by atoms with Gasteiger partial charge in [-0.25, -0.2) is 4.79 Å². The van der Waals surface area contributed by atoms with Crippen molar-refractivity contribution in [2.45, 2.75) is 65.5 Å². The molecule has 1 rings (SSSR count). The molecule has 0 spiro atoms. The fourth-order valence-corrected chi connectivity index (χ4v) is 3.02. The van der Waals surface area contributed by atoms with Crippen LogP contribution in [0.15, 0.2) is 30.3 Å². The summed E-state index contributed by atoms with van der Waals surface area (Å²) in [6.45, 7) is 9.27. The van der Waals surface area contributed by atoms with Crippen LogP contribution in [0.4, 0.5) is 4.79 Å². The highest BCUT2D eigenvalue weighted by Gasteiger charge is 2.31. The third-order valence-electron chi connectivity index (χ3n) is 4.46. The van der Waals surface area contributed by atoms with Gasteiger partial charge in [0.2, 0.25) is 11.8 Å². The summed E-state index contributed by atoms with van der Waals surface area (Å²) in [5.74, 6) is -1.23. The van der Waals surface area contributed by atoms with Gasteiger partial charge in [-0.05, 0) is 39.7 Å². The summed E-state index contributed by atoms with van der Waals surface area (Å²) in [6.07, 6.45) is 0.818. The number of alkyl carbamates (subject to hydrolysis) is 1. The third kappa shape index (κ3) is 10.9. The second kappa shape index (κ2) is 14.1. The van der Waals surface area contributed by atoms with E-state index in [4.69, 9.17) is 9.47 Å². The zero-order valence-corrected chi connectivity index (χ0v) is 20.3. The molecule has 1 aromatic carbocycles. The number of hydrogen-bond donors (Lipinski definition) is 2. The van der Waals surface area contributed by atoms with Crippen molar-refractivity contribution in [2.75, 3.05) is 26.2 Å². The van der Waals surface area contributed by atoms with E-state index in [9.17, 15) is 19.2 Å². The molecule has 184 valence electrons. The number of rotatable bonds is 12. The highest BCUT2D eigenvalue weighted by atomic mass is 16.6. The van der Waals surface area contributed by atoms with Crippen LogP contribution >= 0.6 is 0 Å². The van der Waals surface area contributed by atoms with Gasteiger partial charge in [-0.2, -0.15) is 0 Å². The molecule has 0 saturated carbocycles. The van der Waals surface area contributed by atoms with Crippen LogP contribution in [0.5, 0.6) is 0 Å². The number of ether oxygens (including phenoxy) is 2. The number of nitrogens with one attached hydrogen (secondary N) is 2. The Morgan fingerprint density at radius 3 is 2.27 bits per heavy atom. The van der Waals surface area contributed by atoms with Crippen LogP contribution in [-0.2, 0) is 23.9 Å². The molecule has 0 aromatic heterocycles. The first-order valence-corrected chi connectivity index (χ1v) is 11.3. The van der Waals surface area contributed by atoms with Gasteiger partial charge in [0.15, 0.2) is 0 Å². The van der Waals surface area contributed by atoms with E-state index in [1.165, 1.54) is 4.90 Å². The zero-order valence-electron chi connectivity index (χ0n) is 20.3. The van der Waals surface area contributed by atoms with Gasteiger partial charge in [-0.15, -0.1) is 0 Å². The Morgan fingerprint density at radius 1 is 1.03 bits per heavy atom. The molecule has 0 saturated heterocycles. The van der Waals surface area contributed by atoms with Crippen molar-refractivity contribution < 1.29 is 28.7 Å². The van der Waals surface area contributed by atoms with E-state index in [0.717, 1.165) is 6.42 Å². The van der Waals surface area contributed by atoms with E-state index < -0.39 is 35.5 Å². The average molecular weight is 464 g/mol. The molecule has 0 aliphatic heterocycles. The van der Waals surface area contributed by atoms with Gasteiger partial charge in [0.1, 0.15) is 18.2 Å². The number of unbranched alkanes of at least 4 members (excludes halogenated alkanes) is 1. The number of esters is 1. The molecule has 0 radical (unpaired) electrons. The molecule has 33 heavy (non-hydrogen) atoms. The molecule has 1 atom stereocenters. The minimum absolute atomic E-state index is 0.0319. The number of benzene rings is 1. The van der Waals surface area contributed by atoms with Crippen LogP contribution in [0, 0.1) is 0 Å². The van der Waals surface area contributed by atoms with Gasteiger partial charge in [-0.3, -0.25) is 14.4 Å². The van der Waals surface area contributed by atoms with Crippen molar-refractivity contribution in [3.05, 3.63) is 35.9 Å². The molecular formula is C24H37N3O6. The maximum absolute atomic E-state index is 13.1. The SMILES string of the molecule is CCCCN(C(=O)CNC(=O)OC(C)(C)C)C(C(=O)NCCC(=O)OCC)c1ccccc1. The molecule has 0 heterocycles. The highest BCUT2D eigenvalue weighted by molar-refractivity contribution is 5.90. The van der Waals surface area contributed by atoms with E-state index >= 15 is 0 Å². The first-order valence-electron chi connectivity index (χ1n) is 11.3. The first kappa shape index (κ1) is 27.9. The molecule has 1 aromatic rings. The monoisotopic (exact) mass is 463 g/mol. The van der Waals surface area contributed by atoms with E-state index in [0.29, 0.717) is 18.5 Å². The topological polar surface area (TPSA) is 114 Å². The molecule has 3 amide bonds. The summed E-state index contributed by atoms with van der Waals surface area (Å²) in [7, 11) is 0. The quantitative estimate of drug-likeness (QED) is 0.461. The number of hydrogen-bond acceptors (Lipinski definition) is 6. The van der Waals surface area contributed by atoms with Gasteiger partial charge in [-0.1, -0.05) is 43.7 Å². The second-order valence-electron chi connectivity index (χ2n) is 8.46. The van der Waals surface area contributed by atoms with E-state index in [1.807, 2.05) is 13.0 Å². The molecule has 9 nitrogen and oxygen atoms in total. The molecule has 0 aliphatic carbocycles. The Hall–Kier alpha value is -3.10. The van der Waals surface area contributed by atoms with Crippen LogP contribution in [0.2, 0.25) is 0 Å². The standard InChI is InChI=1S/C24H37N3O6/c1-6-8-16-27(19(28)17-26-23(31)33-24(3,4)5)21(18-12-10-9-11-13-18)22(30)25-15-14-20(29)32-7-2/h9-13,21H,6-8,14-17H2,1-5H3,(H,25,30)(H,26,31). The first-order chi connectivity index (χ1) is 15.6. The Labute approximate surface area is 196 Å². The van der Waals surface area contributed by atoms with Gasteiger partial charge in [0.25, 0.3) is 0 Å². The number of nitrogens with zero attached hydrogens (tertiary/aromatic N) is 1. The van der Waals surface area contributed by atoms with Gasteiger partial charge in [0.05, 0.1) is 13.0 Å². The minimum Gasteiger partial charge on any atom is -0.466 e. The molecule has 0 aliphatic rings. The van der Waals surface area contributed by atoms with E-state index in [-0.39, 0.29) is 26.1 Å². The van der Waals surface area contributed by atoms with Crippen LogP contribution in [0.25, 0.3) is 0 Å². The van der Waals surface area contributed by atoms with Gasteiger partial charge >= 0.3 is 12.1 Å². The van der Waals surface area contributed by atoms with Crippen molar-refractivity contribution in [3.63, 3.8) is 0 Å². The maximum Gasteiger partial charge on any atom is 0.408 e. The number of carbonyl (C=O) groups is 4. The van der Waals surface area contributed by atoms with Crippen LogP contribution in [0.1, 0.15) is 65.5 Å². The predicted octanol–water partition coefficient (Wildman–Crippen LogP) is 2.95. The molecule has 2 N–H and O–H groups in total. The van der Waals surface area contributed by atoms with Gasteiger partial charge in [0, 0.05) is 13.1 Å². The van der Waals surface area contributed by atoms with Gasteiger partial charge < -0.3 is 25.0 Å². The molecule has 9 heteroatoms. The minimum atomic E-state index is -0.909. The lowest BCUT2D eigenvalue weighted by Gasteiger charge is -2.31. The van der Waals surface area contributed by atoms with Crippen LogP contribution in [-0.4, -0.2) is 60.6 Å². The fraction of sp³-hybridized carbons (Fsp3) is 0.583. The summed E-state index contributed by atoms with van der Waals surface area (Å²) in [4.78, 5) is 51.3. The fourth-order valence-electron chi connectivity index (χ4n) is 3.02. The number of amides is 3. The molecule has 0 fully saturated rings. The zero-order chi connectivity index (χ0) is 24.9. The highest BCUT2D eigenvalue weighted by Crippen LogP contribution is 2.22. The average Bonchev–Trinajstić information content (AvgIpc) is 2.74. The van der Waals surface area contributed by atoms with Crippen LogP contribution < -0.4 is 10.6 Å². The Kier molecular flexibility index (Phi) is 12.0. The molecular weight excluding hydrogens is 426 g/mol. The van der Waals surface area contributed by atoms with Crippen molar-refractivity contribution in [1.29, 1.82) is 0 Å². The lowest BCUT2D eigenvalue weighted by Crippen LogP contribution is -2.48. The van der Waals surface area contributed by atoms with Crippen molar-refractivity contribution in [3.8, 4) is 0 Å². The summed E-state index contributed by atoms with van der Waals surface area (Å²) in [5.41, 5.74) is -0.0618. The lowest BCUT2D eigenvalue weighted by atomic mass is 10.0. The van der Waals surface area contributed by atoms with Crippen molar-refractivity contribution in [1.82, 2.24) is 15.5 Å². The smallest absolute Gasteiger partial charge is 0.408 e. The Balaban J connectivity index is 3.01. The summed E-state index contributed by atoms with van der Waals surface area (Å²) < 4.78 is 10.1. The molecule has 1 unspecified atom stereocenters. The normalized spacial score (nSPS) is 11.8. The van der Waals surface area contributed by atoms with Crippen LogP contribution in [0.3, 0.4) is 0 Å². The van der Waals surface area contributed by atoms with E-state index in [2.05, 4.69) is 10.6 Å². The second-order valence-corrected chi connectivity index (χ2v) is 8.46. The predicted molar refractivity (Wildman–Crippen MR) is 124 cm³/mol. The van der Waals surface area contributed by atoms with Crippen molar-refractivity contribution >= 4 is 23.9 Å². The maximum atomic E-state index is 13.1. The van der Waals surface area contributed by atoms with Crippen molar-refractivity contribution in [2.24, 2.45) is 0 Å². The third-order valence-corrected chi connectivity index (χ3v) is 4.46. The molecule has 0 bridgehead atoms. The Morgan fingerprint density at radius 2 is 1.70 bits per heavy atom. The Bertz CT molecular complexity index is 776. The summed E-state index contributed by atoms with van der Waals surface area (Å²) >= 11 is 0. The lowest BCUT2D eigenvalue weighted by molar-refractivity contribution is -0.143. The van der Waals surface area contributed by atoms with E-state index in [1.54, 1.807) is 52.0 Å². The summed E-state index contributed by atoms with van der Waals surface area (Å²) in [5, 5.41) is 5.20. The largest absolute Gasteiger partial charge is 0.466 e.